The average Bonchev–Trinajstić information content (AvgIpc) is 2.38. The van der Waals surface area contributed by atoms with Gasteiger partial charge in [0.2, 0.25) is 0 Å². The number of aliphatic hydroxyl groups is 1. The summed E-state index contributed by atoms with van der Waals surface area (Å²) in [6.07, 6.45) is 0. The van der Waals surface area contributed by atoms with E-state index < -0.39 is 0 Å². The highest BCUT2D eigenvalue weighted by molar-refractivity contribution is 6.31. The summed E-state index contributed by atoms with van der Waals surface area (Å²) in [5.74, 6) is 0. The van der Waals surface area contributed by atoms with Crippen LogP contribution in [0.15, 0.2) is 42.5 Å². The SMILES string of the molecule is CN(Cc1cccc(Cl)c1)c1cccc(Cl)c1CO. The van der Waals surface area contributed by atoms with E-state index >= 15 is 0 Å². The predicted molar refractivity (Wildman–Crippen MR) is 80.9 cm³/mol. The lowest BCUT2D eigenvalue weighted by Crippen LogP contribution is -2.18. The Morgan fingerprint density at radius 1 is 1.11 bits per heavy atom. The van der Waals surface area contributed by atoms with Gasteiger partial charge in [-0.2, -0.15) is 0 Å². The summed E-state index contributed by atoms with van der Waals surface area (Å²) in [5.41, 5.74) is 2.78. The van der Waals surface area contributed by atoms with E-state index in [2.05, 4.69) is 0 Å². The maximum absolute atomic E-state index is 9.43. The first kappa shape index (κ1) is 14.2. The van der Waals surface area contributed by atoms with Crippen LogP contribution in [0.25, 0.3) is 0 Å². The standard InChI is InChI=1S/C15H15Cl2NO/c1-18(9-11-4-2-5-12(16)8-11)15-7-3-6-14(17)13(15)10-19/h2-8,19H,9-10H2,1H3. The highest BCUT2D eigenvalue weighted by Gasteiger charge is 2.10. The van der Waals surface area contributed by atoms with Gasteiger partial charge in [-0.3, -0.25) is 0 Å². The molecule has 1 N–H and O–H groups in total. The van der Waals surface area contributed by atoms with E-state index in [-0.39, 0.29) is 6.61 Å². The summed E-state index contributed by atoms with van der Waals surface area (Å²) in [7, 11) is 1.96. The summed E-state index contributed by atoms with van der Waals surface area (Å²) >= 11 is 12.1. The minimum Gasteiger partial charge on any atom is -0.392 e. The molecule has 0 aliphatic heterocycles. The van der Waals surface area contributed by atoms with Crippen molar-refractivity contribution in [1.82, 2.24) is 0 Å². The Morgan fingerprint density at radius 3 is 2.53 bits per heavy atom. The predicted octanol–water partition coefficient (Wildman–Crippen LogP) is 4.12. The van der Waals surface area contributed by atoms with Gasteiger partial charge in [0.1, 0.15) is 0 Å². The zero-order chi connectivity index (χ0) is 13.8. The van der Waals surface area contributed by atoms with Crippen LogP contribution in [0.2, 0.25) is 10.0 Å². The van der Waals surface area contributed by atoms with Crippen molar-refractivity contribution in [3.05, 3.63) is 63.6 Å². The first-order valence-electron chi connectivity index (χ1n) is 5.95. The largest absolute Gasteiger partial charge is 0.392 e. The molecule has 19 heavy (non-hydrogen) atoms. The van der Waals surface area contributed by atoms with Crippen LogP contribution in [-0.4, -0.2) is 12.2 Å². The van der Waals surface area contributed by atoms with Crippen molar-refractivity contribution in [2.75, 3.05) is 11.9 Å². The molecule has 0 bridgehead atoms. The number of hydrogen-bond acceptors (Lipinski definition) is 2. The number of anilines is 1. The fourth-order valence-electron chi connectivity index (χ4n) is 2.06. The van der Waals surface area contributed by atoms with E-state index in [1.807, 2.05) is 48.3 Å². The fraction of sp³-hybridized carbons (Fsp3) is 0.200. The molecule has 0 atom stereocenters. The van der Waals surface area contributed by atoms with Crippen LogP contribution in [0.4, 0.5) is 5.69 Å². The molecule has 0 radical (unpaired) electrons. The Morgan fingerprint density at radius 2 is 1.84 bits per heavy atom. The normalized spacial score (nSPS) is 10.5. The molecule has 0 heterocycles. The third-order valence-corrected chi connectivity index (χ3v) is 3.56. The second kappa shape index (κ2) is 6.29. The maximum atomic E-state index is 9.43. The second-order valence-electron chi connectivity index (χ2n) is 4.38. The van der Waals surface area contributed by atoms with E-state index in [0.29, 0.717) is 11.6 Å². The molecule has 2 rings (SSSR count). The highest BCUT2D eigenvalue weighted by Crippen LogP contribution is 2.28. The third kappa shape index (κ3) is 3.41. The zero-order valence-corrected chi connectivity index (χ0v) is 12.1. The molecule has 0 unspecified atom stereocenters. The van der Waals surface area contributed by atoms with Gasteiger partial charge < -0.3 is 10.0 Å². The molecule has 0 saturated heterocycles. The van der Waals surface area contributed by atoms with Crippen LogP contribution in [0.5, 0.6) is 0 Å². The Kier molecular flexibility index (Phi) is 4.70. The Labute approximate surface area is 123 Å². The topological polar surface area (TPSA) is 23.5 Å². The fourth-order valence-corrected chi connectivity index (χ4v) is 2.50. The number of rotatable bonds is 4. The highest BCUT2D eigenvalue weighted by atomic mass is 35.5. The molecule has 2 aromatic carbocycles. The van der Waals surface area contributed by atoms with Crippen LogP contribution >= 0.6 is 23.2 Å². The molecular formula is C15H15Cl2NO. The summed E-state index contributed by atoms with van der Waals surface area (Å²) in [6, 6.07) is 13.3. The van der Waals surface area contributed by atoms with Gasteiger partial charge in [0.05, 0.1) is 6.61 Å². The van der Waals surface area contributed by atoms with Gasteiger partial charge in [-0.1, -0.05) is 41.4 Å². The number of hydrogen-bond donors (Lipinski definition) is 1. The van der Waals surface area contributed by atoms with E-state index in [4.69, 9.17) is 23.2 Å². The smallest absolute Gasteiger partial charge is 0.0716 e. The molecule has 0 aromatic heterocycles. The lowest BCUT2D eigenvalue weighted by Gasteiger charge is -2.22. The molecular weight excluding hydrogens is 281 g/mol. The van der Waals surface area contributed by atoms with Crippen LogP contribution < -0.4 is 4.90 Å². The Balaban J connectivity index is 2.25. The lowest BCUT2D eigenvalue weighted by atomic mass is 10.1. The van der Waals surface area contributed by atoms with Gasteiger partial charge in [0, 0.05) is 34.9 Å². The van der Waals surface area contributed by atoms with Crippen LogP contribution in [-0.2, 0) is 13.2 Å². The van der Waals surface area contributed by atoms with E-state index in [1.165, 1.54) is 0 Å². The third-order valence-electron chi connectivity index (χ3n) is 2.97. The molecule has 4 heteroatoms. The molecule has 0 fully saturated rings. The minimum absolute atomic E-state index is 0.0745. The molecule has 2 aromatic rings. The van der Waals surface area contributed by atoms with Crippen molar-refractivity contribution >= 4 is 28.9 Å². The van der Waals surface area contributed by atoms with Crippen LogP contribution in [0, 0.1) is 0 Å². The van der Waals surface area contributed by atoms with Crippen molar-refractivity contribution in [2.24, 2.45) is 0 Å². The van der Waals surface area contributed by atoms with E-state index in [1.54, 1.807) is 6.07 Å². The average molecular weight is 296 g/mol. The van der Waals surface area contributed by atoms with Crippen molar-refractivity contribution in [2.45, 2.75) is 13.2 Å². The van der Waals surface area contributed by atoms with Gasteiger partial charge in [0.15, 0.2) is 0 Å². The molecule has 0 aliphatic rings. The Bertz CT molecular complexity index is 572. The van der Waals surface area contributed by atoms with Gasteiger partial charge >= 0.3 is 0 Å². The van der Waals surface area contributed by atoms with E-state index in [9.17, 15) is 5.11 Å². The quantitative estimate of drug-likeness (QED) is 0.917. The van der Waals surface area contributed by atoms with Crippen LogP contribution in [0.3, 0.4) is 0 Å². The number of benzene rings is 2. The summed E-state index contributed by atoms with van der Waals surface area (Å²) in [4.78, 5) is 2.04. The number of nitrogens with zero attached hydrogens (tertiary/aromatic N) is 1. The van der Waals surface area contributed by atoms with Gasteiger partial charge in [-0.25, -0.2) is 0 Å². The summed E-state index contributed by atoms with van der Waals surface area (Å²) in [5, 5.41) is 10.7. The molecule has 2 nitrogen and oxygen atoms in total. The maximum Gasteiger partial charge on any atom is 0.0716 e. The van der Waals surface area contributed by atoms with Crippen LogP contribution in [0.1, 0.15) is 11.1 Å². The summed E-state index contributed by atoms with van der Waals surface area (Å²) < 4.78 is 0. The summed E-state index contributed by atoms with van der Waals surface area (Å²) in [6.45, 7) is 0.628. The van der Waals surface area contributed by atoms with Crippen molar-refractivity contribution < 1.29 is 5.11 Å². The molecule has 0 amide bonds. The molecule has 0 saturated carbocycles. The van der Waals surface area contributed by atoms with Crippen molar-refractivity contribution in [3.8, 4) is 0 Å². The molecule has 100 valence electrons. The Hall–Kier alpha value is -1.22. The first-order chi connectivity index (χ1) is 9.11. The first-order valence-corrected chi connectivity index (χ1v) is 6.71. The monoisotopic (exact) mass is 295 g/mol. The zero-order valence-electron chi connectivity index (χ0n) is 10.6. The number of aliphatic hydroxyl groups excluding tert-OH is 1. The van der Waals surface area contributed by atoms with Gasteiger partial charge in [-0.05, 0) is 29.8 Å². The lowest BCUT2D eigenvalue weighted by molar-refractivity contribution is 0.282. The van der Waals surface area contributed by atoms with Crippen molar-refractivity contribution in [3.63, 3.8) is 0 Å². The minimum atomic E-state index is -0.0745. The van der Waals surface area contributed by atoms with Gasteiger partial charge in [-0.15, -0.1) is 0 Å². The molecule has 0 spiro atoms. The van der Waals surface area contributed by atoms with Crippen molar-refractivity contribution in [1.29, 1.82) is 0 Å². The second-order valence-corrected chi connectivity index (χ2v) is 5.23. The number of halogens is 2. The van der Waals surface area contributed by atoms with E-state index in [0.717, 1.165) is 21.8 Å². The molecule has 0 aliphatic carbocycles. The van der Waals surface area contributed by atoms with Gasteiger partial charge in [0.25, 0.3) is 0 Å².